The van der Waals surface area contributed by atoms with Gasteiger partial charge in [-0.25, -0.2) is 0 Å². The quantitative estimate of drug-likeness (QED) is 0.355. The number of carbonyl (C=O) groups is 2. The van der Waals surface area contributed by atoms with Gasteiger partial charge in [-0.1, -0.05) is 12.1 Å². The van der Waals surface area contributed by atoms with E-state index in [0.29, 0.717) is 39.1 Å². The molecule has 1 unspecified atom stereocenters. The molecule has 1 aliphatic rings. The highest BCUT2D eigenvalue weighted by molar-refractivity contribution is 5.69. The Morgan fingerprint density at radius 1 is 0.970 bits per heavy atom. The number of rotatable bonds is 12. The molecule has 182 valence electrons. The summed E-state index contributed by atoms with van der Waals surface area (Å²) in [6.45, 7) is 3.82. The van der Waals surface area contributed by atoms with Crippen molar-refractivity contribution in [3.63, 3.8) is 0 Å². The van der Waals surface area contributed by atoms with Crippen molar-refractivity contribution in [1.82, 2.24) is 14.7 Å². The van der Waals surface area contributed by atoms with Gasteiger partial charge in [-0.05, 0) is 37.7 Å². The number of benzene rings is 1. The predicted octanol–water partition coefficient (Wildman–Crippen LogP) is 2.21. The number of nitro benzene ring substituents is 1. The molecule has 2 radical (unpaired) electrons. The summed E-state index contributed by atoms with van der Waals surface area (Å²) >= 11 is 0. The Morgan fingerprint density at radius 2 is 1.58 bits per heavy atom. The Kier molecular flexibility index (Phi) is 11.2. The zero-order chi connectivity index (χ0) is 24.2. The Bertz CT molecular complexity index is 773. The number of hydrogen-bond donors (Lipinski definition) is 2. The molecule has 1 aromatic rings. The van der Waals surface area contributed by atoms with Gasteiger partial charge < -0.3 is 10.2 Å². The van der Waals surface area contributed by atoms with Gasteiger partial charge in [0.1, 0.15) is 0 Å². The number of non-ortho nitro benzene ring substituents is 1. The van der Waals surface area contributed by atoms with Crippen molar-refractivity contribution in [3.05, 3.63) is 47.0 Å². The van der Waals surface area contributed by atoms with E-state index >= 15 is 0 Å². The van der Waals surface area contributed by atoms with Gasteiger partial charge in [0.15, 0.2) is 0 Å². The van der Waals surface area contributed by atoms with Crippen LogP contribution < -0.4 is 0 Å². The van der Waals surface area contributed by atoms with E-state index in [1.165, 1.54) is 12.1 Å². The first-order valence-electron chi connectivity index (χ1n) is 11.4. The Morgan fingerprint density at radius 3 is 2.21 bits per heavy atom. The number of hydrogen-bond acceptors (Lipinski definition) is 7. The van der Waals surface area contributed by atoms with Crippen molar-refractivity contribution in [3.8, 4) is 0 Å². The molecule has 0 bridgehead atoms. The number of aryl methyl sites for hydroxylation is 1. The van der Waals surface area contributed by atoms with E-state index in [1.54, 1.807) is 17.0 Å². The van der Waals surface area contributed by atoms with Crippen molar-refractivity contribution in [1.29, 1.82) is 0 Å². The van der Waals surface area contributed by atoms with Crippen molar-refractivity contribution in [2.75, 3.05) is 45.8 Å². The van der Waals surface area contributed by atoms with E-state index in [1.807, 2.05) is 4.90 Å². The molecule has 33 heavy (non-hydrogen) atoms. The van der Waals surface area contributed by atoms with E-state index in [-0.39, 0.29) is 24.7 Å². The molecular weight excluding hydrogens is 428 g/mol. The van der Waals surface area contributed by atoms with Crippen molar-refractivity contribution < 1.29 is 24.7 Å². The molecule has 10 nitrogen and oxygen atoms in total. The van der Waals surface area contributed by atoms with Crippen LogP contribution in [0.4, 0.5) is 5.69 Å². The third kappa shape index (κ3) is 10.3. The first kappa shape index (κ1) is 26.7. The summed E-state index contributed by atoms with van der Waals surface area (Å²) in [5.41, 5.74) is 1.09. The minimum Gasteiger partial charge on any atom is -0.481 e. The lowest BCUT2D eigenvalue weighted by atomic mass is 9.99. The first-order valence-corrected chi connectivity index (χ1v) is 11.4. The van der Waals surface area contributed by atoms with Crippen LogP contribution in [0, 0.1) is 17.2 Å². The topological polar surface area (TPSA) is 127 Å². The lowest BCUT2D eigenvalue weighted by Crippen LogP contribution is -2.43. The largest absolute Gasteiger partial charge is 0.481 e. The maximum Gasteiger partial charge on any atom is 0.317 e. The molecular formula is C23H34N4O6. The molecule has 2 N–H and O–H groups in total. The molecule has 0 aliphatic carbocycles. The minimum absolute atomic E-state index is 0.0362. The van der Waals surface area contributed by atoms with Crippen LogP contribution in [-0.4, -0.2) is 93.6 Å². The molecule has 1 saturated heterocycles. The van der Waals surface area contributed by atoms with Crippen LogP contribution in [0.15, 0.2) is 24.3 Å². The third-order valence-electron chi connectivity index (χ3n) is 6.03. The highest BCUT2D eigenvalue weighted by atomic mass is 16.6. The molecule has 1 aliphatic heterocycles. The average Bonchev–Trinajstić information content (AvgIpc) is 2.84. The molecule has 1 fully saturated rings. The lowest BCUT2D eigenvalue weighted by Gasteiger charge is -2.33. The van der Waals surface area contributed by atoms with Gasteiger partial charge in [0.05, 0.1) is 11.5 Å². The summed E-state index contributed by atoms with van der Waals surface area (Å²) in [6, 6.07) is 6.71. The van der Waals surface area contributed by atoms with Gasteiger partial charge in [0.2, 0.25) is 0 Å². The Labute approximate surface area is 194 Å². The summed E-state index contributed by atoms with van der Waals surface area (Å²) in [4.78, 5) is 38.5. The maximum atomic E-state index is 11.2. The van der Waals surface area contributed by atoms with E-state index in [9.17, 15) is 24.8 Å². The smallest absolute Gasteiger partial charge is 0.317 e. The lowest BCUT2D eigenvalue weighted by molar-refractivity contribution is -0.384. The van der Waals surface area contributed by atoms with E-state index in [0.717, 1.165) is 37.8 Å². The number of carboxylic acids is 2. The molecule has 10 heteroatoms. The second-order valence-corrected chi connectivity index (χ2v) is 8.50. The standard InChI is InChI=1S/C23H34N4O6/c1-24-12-14-25(18-23(30)31)15-17-26(16-13-24)20(6-3-7-22(28)29)5-2-4-19-8-10-21(11-9-19)27(32)33/h1,8-11,20H,2-7,12-18H2,(H,28,29)(H,30,31). The summed E-state index contributed by atoms with van der Waals surface area (Å²) in [5.74, 6) is -1.68. The van der Waals surface area contributed by atoms with Gasteiger partial charge in [0.25, 0.3) is 5.69 Å². The molecule has 0 amide bonds. The summed E-state index contributed by atoms with van der Waals surface area (Å²) in [5, 5.41) is 29.1. The zero-order valence-corrected chi connectivity index (χ0v) is 19.0. The molecule has 2 rings (SSSR count). The number of aliphatic carboxylic acids is 2. The second kappa shape index (κ2) is 13.9. The fraction of sp³-hybridized carbons (Fsp3) is 0.609. The van der Waals surface area contributed by atoms with Crippen LogP contribution in [-0.2, 0) is 16.0 Å². The molecule has 0 spiro atoms. The third-order valence-corrected chi connectivity index (χ3v) is 6.03. The average molecular weight is 463 g/mol. The number of nitrogens with zero attached hydrogens (tertiary/aromatic N) is 4. The van der Waals surface area contributed by atoms with E-state index in [2.05, 4.69) is 4.90 Å². The van der Waals surface area contributed by atoms with E-state index in [4.69, 9.17) is 12.2 Å². The van der Waals surface area contributed by atoms with Crippen LogP contribution in [0.1, 0.15) is 37.7 Å². The van der Waals surface area contributed by atoms with Gasteiger partial charge in [-0.3, -0.25) is 34.4 Å². The fourth-order valence-corrected chi connectivity index (χ4v) is 4.17. The summed E-state index contributed by atoms with van der Waals surface area (Å²) in [6.07, 6.45) is 3.89. The van der Waals surface area contributed by atoms with Gasteiger partial charge >= 0.3 is 11.9 Å². The number of carboxylic acid groups (broad SMARTS) is 2. The van der Waals surface area contributed by atoms with Crippen molar-refractivity contribution >= 4 is 17.6 Å². The first-order chi connectivity index (χ1) is 15.7. The highest BCUT2D eigenvalue weighted by Crippen LogP contribution is 2.19. The second-order valence-electron chi connectivity index (χ2n) is 8.50. The summed E-state index contributed by atoms with van der Waals surface area (Å²) in [7, 11) is 6.09. The Hall–Kier alpha value is -2.56. The maximum absolute atomic E-state index is 11.2. The zero-order valence-electron chi connectivity index (χ0n) is 19.0. The fourth-order valence-electron chi connectivity index (χ4n) is 4.17. The summed E-state index contributed by atoms with van der Waals surface area (Å²) < 4.78 is 0. The van der Waals surface area contributed by atoms with Crippen LogP contribution in [0.2, 0.25) is 0 Å². The Balaban J connectivity index is 2.01. The normalized spacial score (nSPS) is 17.6. The van der Waals surface area contributed by atoms with Crippen LogP contribution in [0.5, 0.6) is 0 Å². The molecule has 0 saturated carbocycles. The molecule has 1 heterocycles. The van der Waals surface area contributed by atoms with Crippen LogP contribution in [0.25, 0.3) is 0 Å². The van der Waals surface area contributed by atoms with Gasteiger partial charge in [0, 0.05) is 70.9 Å². The van der Waals surface area contributed by atoms with Crippen molar-refractivity contribution in [2.45, 2.75) is 44.6 Å². The predicted molar refractivity (Wildman–Crippen MR) is 123 cm³/mol. The van der Waals surface area contributed by atoms with Gasteiger partial charge in [-0.2, -0.15) is 0 Å². The highest BCUT2D eigenvalue weighted by Gasteiger charge is 2.22. The van der Waals surface area contributed by atoms with Gasteiger partial charge in [-0.15, -0.1) is 0 Å². The minimum atomic E-state index is -0.870. The van der Waals surface area contributed by atoms with E-state index < -0.39 is 16.9 Å². The molecule has 1 atom stereocenters. The number of nitro groups is 1. The molecule has 0 aromatic heterocycles. The SMILES string of the molecule is [CH]N1CCN(CC(=O)O)CCN(C(CCCC(=O)O)CCCc2ccc([N+](=O)[O-])cc2)CC1. The molecule has 1 aromatic carbocycles. The van der Waals surface area contributed by atoms with Crippen LogP contribution in [0.3, 0.4) is 0 Å². The van der Waals surface area contributed by atoms with Crippen LogP contribution >= 0.6 is 0 Å². The van der Waals surface area contributed by atoms with Crippen molar-refractivity contribution in [2.24, 2.45) is 0 Å². The monoisotopic (exact) mass is 462 g/mol.